The van der Waals surface area contributed by atoms with E-state index >= 15 is 0 Å². The van der Waals surface area contributed by atoms with Crippen molar-refractivity contribution in [2.45, 2.75) is 57.7 Å². The summed E-state index contributed by atoms with van der Waals surface area (Å²) in [6.07, 6.45) is 7.46. The maximum atomic E-state index is 13.2. The molecule has 0 bridgehead atoms. The number of ether oxygens (including phenoxy) is 2. The number of aromatic hydroxyl groups is 1. The first kappa shape index (κ1) is 30.4. The fourth-order valence-electron chi connectivity index (χ4n) is 4.16. The van der Waals surface area contributed by atoms with Crippen molar-refractivity contribution in [2.24, 2.45) is 5.16 Å². The summed E-state index contributed by atoms with van der Waals surface area (Å²) in [5.74, 6) is -1.63. The van der Waals surface area contributed by atoms with E-state index in [0.29, 0.717) is 19.5 Å². The highest BCUT2D eigenvalue weighted by Gasteiger charge is 2.25. The number of hydrogen-bond donors (Lipinski definition) is 4. The third-order valence-electron chi connectivity index (χ3n) is 6.03. The van der Waals surface area contributed by atoms with Crippen LogP contribution >= 0.6 is 7.60 Å². The van der Waals surface area contributed by atoms with E-state index < -0.39 is 32.1 Å². The average molecular weight is 567 g/mol. The van der Waals surface area contributed by atoms with Crippen molar-refractivity contribution < 1.29 is 48.5 Å². The predicted octanol–water partition coefficient (Wildman–Crippen LogP) is 2.65. The molecule has 2 aliphatic rings. The van der Waals surface area contributed by atoms with Gasteiger partial charge >= 0.3 is 13.6 Å². The summed E-state index contributed by atoms with van der Waals surface area (Å²) in [7, 11) is -4.61. The van der Waals surface area contributed by atoms with E-state index in [1.807, 2.05) is 0 Å². The van der Waals surface area contributed by atoms with Crippen LogP contribution in [0.4, 0.5) is 0 Å². The van der Waals surface area contributed by atoms with Crippen LogP contribution in [0.1, 0.15) is 54.9 Å². The smallest absolute Gasteiger partial charge is 0.362 e. The van der Waals surface area contributed by atoms with Crippen LogP contribution in [-0.4, -0.2) is 80.7 Å². The summed E-state index contributed by atoms with van der Waals surface area (Å²) < 4.78 is 22.2. The van der Waals surface area contributed by atoms with Gasteiger partial charge in [0.25, 0.3) is 5.91 Å². The molecule has 3 rings (SSSR count). The van der Waals surface area contributed by atoms with Gasteiger partial charge in [-0.25, -0.2) is 4.79 Å². The number of aliphatic hydroxyl groups is 1. The zero-order chi connectivity index (χ0) is 28.4. The van der Waals surface area contributed by atoms with Crippen LogP contribution in [0.5, 0.6) is 11.5 Å². The number of phenolic OH excluding ortho intramolecular Hbond substituents is 1. The van der Waals surface area contributed by atoms with E-state index in [9.17, 15) is 34.2 Å². The van der Waals surface area contributed by atoms with Gasteiger partial charge in [-0.2, -0.15) is 0 Å². The fourth-order valence-corrected chi connectivity index (χ4v) is 4.46. The molecule has 214 valence electrons. The Kier molecular flexibility index (Phi) is 11.1. The number of carbonyl (C=O) groups is 2. The zero-order valence-corrected chi connectivity index (χ0v) is 22.7. The monoisotopic (exact) mass is 566 g/mol. The molecule has 2 heterocycles. The molecule has 1 fully saturated rings. The first-order valence-corrected chi connectivity index (χ1v) is 14.5. The standard InChI is InChI=1S/C26H35N2O10P/c1-18-7-5-9-21(29)10-6-8-20(27-37-16-24(31)28-11-3-2-4-12-28)13-19-14-22(30)15-23(25(19)26(32)38-18)36-17-39(33,34)35/h5-6,8-9,14-15,18,21,29-30H,2-4,7,10-13,16-17H2,1H3,(H2,33,34,35)/b8-6+,9-5+,27-20-/t18-,21+/m1/s1. The number of rotatable bonds is 6. The minimum atomic E-state index is -4.61. The van der Waals surface area contributed by atoms with Crippen LogP contribution < -0.4 is 4.74 Å². The third-order valence-corrected chi connectivity index (χ3v) is 6.50. The molecule has 0 spiro atoms. The van der Waals surface area contributed by atoms with Gasteiger partial charge in [0, 0.05) is 32.0 Å². The van der Waals surface area contributed by atoms with E-state index in [1.165, 1.54) is 6.07 Å². The van der Waals surface area contributed by atoms with Crippen LogP contribution in [0.3, 0.4) is 0 Å². The molecular weight excluding hydrogens is 531 g/mol. The molecule has 0 aliphatic carbocycles. The van der Waals surface area contributed by atoms with Gasteiger partial charge < -0.3 is 39.2 Å². The number of phenols is 1. The number of carbonyl (C=O) groups excluding carboxylic acids is 2. The van der Waals surface area contributed by atoms with Crippen molar-refractivity contribution >= 4 is 25.2 Å². The van der Waals surface area contributed by atoms with Crippen molar-refractivity contribution in [1.29, 1.82) is 0 Å². The minimum absolute atomic E-state index is 0.0974. The van der Waals surface area contributed by atoms with E-state index in [2.05, 4.69) is 5.16 Å². The van der Waals surface area contributed by atoms with Crippen molar-refractivity contribution in [1.82, 2.24) is 4.90 Å². The quantitative estimate of drug-likeness (QED) is 0.173. The highest BCUT2D eigenvalue weighted by atomic mass is 31.2. The van der Waals surface area contributed by atoms with Gasteiger partial charge in [0.05, 0.1) is 11.8 Å². The Morgan fingerprint density at radius 1 is 1.18 bits per heavy atom. The van der Waals surface area contributed by atoms with Crippen LogP contribution in [0, 0.1) is 0 Å². The van der Waals surface area contributed by atoms with Crippen LogP contribution in [0.25, 0.3) is 0 Å². The Bertz CT molecular complexity index is 1150. The Labute approximate surface area is 226 Å². The molecule has 13 heteroatoms. The average Bonchev–Trinajstić information content (AvgIpc) is 2.86. The molecule has 39 heavy (non-hydrogen) atoms. The highest BCUT2D eigenvalue weighted by molar-refractivity contribution is 7.51. The summed E-state index contributed by atoms with van der Waals surface area (Å²) in [5, 5.41) is 24.6. The van der Waals surface area contributed by atoms with Gasteiger partial charge in [-0.05, 0) is 50.3 Å². The number of benzene rings is 1. The number of aliphatic hydroxyl groups excluding tert-OH is 1. The molecule has 1 saturated heterocycles. The van der Waals surface area contributed by atoms with Crippen molar-refractivity contribution in [2.75, 3.05) is 26.0 Å². The SMILES string of the molecule is C[C@@H]1C/C=C/[C@H](O)C/C=C/C(=N/OCC(=O)N2CCCCC2)Cc2cc(O)cc(OCP(=O)(O)O)c2C(=O)O1. The van der Waals surface area contributed by atoms with Crippen LogP contribution in [-0.2, 0) is 25.4 Å². The number of nitrogens with zero attached hydrogens (tertiary/aromatic N) is 2. The second-order valence-corrected chi connectivity index (χ2v) is 11.1. The minimum Gasteiger partial charge on any atom is -0.508 e. The zero-order valence-electron chi connectivity index (χ0n) is 21.8. The van der Waals surface area contributed by atoms with Gasteiger partial charge in [-0.3, -0.25) is 9.36 Å². The maximum Gasteiger partial charge on any atom is 0.362 e. The summed E-state index contributed by atoms with van der Waals surface area (Å²) in [6.45, 7) is 2.69. The number of allylic oxidation sites excluding steroid dienone is 1. The Hall–Kier alpha value is -3.18. The first-order valence-electron chi connectivity index (χ1n) is 12.7. The molecule has 0 aromatic heterocycles. The van der Waals surface area contributed by atoms with Gasteiger partial charge in [0.1, 0.15) is 23.2 Å². The van der Waals surface area contributed by atoms with Crippen molar-refractivity contribution in [3.05, 3.63) is 47.6 Å². The fraction of sp³-hybridized carbons (Fsp3) is 0.500. The molecule has 1 amide bonds. The van der Waals surface area contributed by atoms with Gasteiger partial charge in [-0.15, -0.1) is 0 Å². The van der Waals surface area contributed by atoms with Gasteiger partial charge in [-0.1, -0.05) is 23.4 Å². The number of amides is 1. The second kappa shape index (κ2) is 14.3. The lowest BCUT2D eigenvalue weighted by Gasteiger charge is -2.26. The number of esters is 1. The highest BCUT2D eigenvalue weighted by Crippen LogP contribution is 2.37. The van der Waals surface area contributed by atoms with E-state index in [1.54, 1.807) is 36.1 Å². The molecule has 2 aliphatic heterocycles. The number of hydrogen-bond acceptors (Lipinski definition) is 9. The Morgan fingerprint density at radius 3 is 2.64 bits per heavy atom. The molecule has 1 aromatic carbocycles. The Morgan fingerprint density at radius 2 is 1.92 bits per heavy atom. The number of cyclic esters (lactones) is 1. The topological polar surface area (TPSA) is 175 Å². The third kappa shape index (κ3) is 10.1. The Balaban J connectivity index is 1.95. The molecular formula is C26H35N2O10P. The molecule has 1 aromatic rings. The lowest BCUT2D eigenvalue weighted by atomic mass is 9.99. The molecule has 0 unspecified atom stereocenters. The molecule has 12 nitrogen and oxygen atoms in total. The van der Waals surface area contributed by atoms with Crippen LogP contribution in [0.2, 0.25) is 0 Å². The van der Waals surface area contributed by atoms with Gasteiger partial charge in [0.15, 0.2) is 13.0 Å². The van der Waals surface area contributed by atoms with E-state index in [0.717, 1.165) is 25.3 Å². The lowest BCUT2D eigenvalue weighted by molar-refractivity contribution is -0.137. The van der Waals surface area contributed by atoms with Crippen LogP contribution in [0.15, 0.2) is 41.6 Å². The number of fused-ring (bicyclic) bond motifs is 1. The molecule has 4 N–H and O–H groups in total. The summed E-state index contributed by atoms with van der Waals surface area (Å²) in [5.41, 5.74) is 0.304. The number of oxime groups is 1. The van der Waals surface area contributed by atoms with E-state index in [4.69, 9.17) is 14.3 Å². The molecule has 0 saturated carbocycles. The van der Waals surface area contributed by atoms with Crippen molar-refractivity contribution in [3.8, 4) is 11.5 Å². The molecule has 0 radical (unpaired) electrons. The predicted molar refractivity (Wildman–Crippen MR) is 142 cm³/mol. The lowest BCUT2D eigenvalue weighted by Crippen LogP contribution is -2.37. The first-order chi connectivity index (χ1) is 18.5. The van der Waals surface area contributed by atoms with E-state index in [-0.39, 0.29) is 53.7 Å². The summed E-state index contributed by atoms with van der Waals surface area (Å²) in [4.78, 5) is 51.3. The number of piperidine rings is 1. The maximum absolute atomic E-state index is 13.2. The number of likely N-dealkylation sites (tertiary alicyclic amines) is 1. The molecule has 2 atom stereocenters. The largest absolute Gasteiger partial charge is 0.508 e. The van der Waals surface area contributed by atoms with Gasteiger partial charge in [0.2, 0.25) is 0 Å². The summed E-state index contributed by atoms with van der Waals surface area (Å²) >= 11 is 0. The second-order valence-electron chi connectivity index (χ2n) is 9.48. The normalized spacial score (nSPS) is 23.7. The summed E-state index contributed by atoms with van der Waals surface area (Å²) in [6, 6.07) is 2.36. The van der Waals surface area contributed by atoms with Crippen molar-refractivity contribution in [3.63, 3.8) is 0 Å².